The summed E-state index contributed by atoms with van der Waals surface area (Å²) < 4.78 is 0. The van der Waals surface area contributed by atoms with Crippen LogP contribution in [-0.2, 0) is 0 Å². The molecule has 0 saturated heterocycles. The van der Waals surface area contributed by atoms with Gasteiger partial charge in [-0.1, -0.05) is 89.1 Å². The molecule has 19 heavy (non-hydrogen) atoms. The van der Waals surface area contributed by atoms with Gasteiger partial charge in [-0.25, -0.2) is 0 Å². The predicted octanol–water partition coefficient (Wildman–Crippen LogP) is 6.65. The summed E-state index contributed by atoms with van der Waals surface area (Å²) in [6.45, 7) is 8.36. The van der Waals surface area contributed by atoms with Crippen LogP contribution in [-0.4, -0.2) is 12.5 Å². The van der Waals surface area contributed by atoms with E-state index in [1.54, 1.807) is 11.8 Å². The average Bonchev–Trinajstić information content (AvgIpc) is 2.50. The first kappa shape index (κ1) is 20.4. The molecule has 2 aromatic carbocycles. The van der Waals surface area contributed by atoms with Crippen LogP contribution in [0.5, 0.6) is 0 Å². The Balaban J connectivity index is 0. The van der Waals surface area contributed by atoms with Crippen molar-refractivity contribution in [1.82, 2.24) is 0 Å². The molecule has 1 heteroatoms. The average molecular weight is 279 g/mol. The lowest BCUT2D eigenvalue weighted by Gasteiger charge is -1.92. The van der Waals surface area contributed by atoms with Crippen LogP contribution in [0.1, 0.15) is 40.5 Å². The van der Waals surface area contributed by atoms with Crippen LogP contribution < -0.4 is 0 Å². The fraction of sp³-hybridized carbons (Fsp3) is 0.444. The van der Waals surface area contributed by atoms with Gasteiger partial charge in [-0.15, -0.1) is 0 Å². The lowest BCUT2D eigenvalue weighted by Crippen LogP contribution is -1.67. The first-order valence-electron chi connectivity index (χ1n) is 7.14. The van der Waals surface area contributed by atoms with E-state index in [4.69, 9.17) is 0 Å². The van der Waals surface area contributed by atoms with Gasteiger partial charge in [0.25, 0.3) is 0 Å². The van der Waals surface area contributed by atoms with Gasteiger partial charge in [0.15, 0.2) is 0 Å². The highest BCUT2D eigenvalue weighted by atomic mass is 32.2. The highest BCUT2D eigenvalue weighted by molar-refractivity contribution is 7.97. The van der Waals surface area contributed by atoms with Crippen LogP contribution in [0.4, 0.5) is 0 Å². The molecule has 2 rings (SSSR count). The molecule has 0 nitrogen and oxygen atoms in total. The molecule has 0 saturated carbocycles. The van der Waals surface area contributed by atoms with Gasteiger partial charge in [0.05, 0.1) is 0 Å². The molecule has 0 amide bonds. The highest BCUT2D eigenvalue weighted by Crippen LogP contribution is 2.11. The molecule has 0 N–H and O–H groups in total. The highest BCUT2D eigenvalue weighted by Gasteiger charge is 1.85. The second-order valence-electron chi connectivity index (χ2n) is 3.76. The monoisotopic (exact) mass is 278 g/mol. The Morgan fingerprint density at radius 1 is 0.684 bits per heavy atom. The van der Waals surface area contributed by atoms with Crippen LogP contribution >= 0.6 is 11.8 Å². The van der Waals surface area contributed by atoms with Crippen molar-refractivity contribution in [2.45, 2.75) is 40.5 Å². The van der Waals surface area contributed by atoms with E-state index in [0.717, 1.165) is 0 Å². The minimum Gasteiger partial charge on any atom is -0.169 e. The van der Waals surface area contributed by atoms with E-state index in [1.165, 1.54) is 23.6 Å². The number of fused-ring (bicyclic) bond motifs is 1. The Morgan fingerprint density at radius 3 is 1.05 bits per heavy atom. The first-order chi connectivity index (χ1) is 9.29. The summed E-state index contributed by atoms with van der Waals surface area (Å²) in [6, 6.07) is 16.7. The van der Waals surface area contributed by atoms with Crippen LogP contribution in [0.2, 0.25) is 0 Å². The lowest BCUT2D eigenvalue weighted by atomic mass is 10.1. The second-order valence-corrected chi connectivity index (χ2v) is 4.57. The van der Waals surface area contributed by atoms with Crippen molar-refractivity contribution in [3.63, 3.8) is 0 Å². The summed E-state index contributed by atoms with van der Waals surface area (Å²) in [5, 5.41) is 2.62. The third-order valence-electron chi connectivity index (χ3n) is 2.16. The molecule has 0 atom stereocenters. The fourth-order valence-corrected chi connectivity index (χ4v) is 1.13. The van der Waals surface area contributed by atoms with Crippen LogP contribution in [0.15, 0.2) is 48.5 Å². The minimum absolute atomic E-state index is 1.31. The van der Waals surface area contributed by atoms with Crippen LogP contribution in [0.3, 0.4) is 0 Å². The molecular weight excluding hydrogens is 248 g/mol. The number of rotatable bonds is 1. The number of unbranched alkanes of at least 4 members (excludes halogenated alkanes) is 1. The van der Waals surface area contributed by atoms with E-state index in [9.17, 15) is 0 Å². The standard InChI is InChI=1S/C10H8.C4H10.C2H6S.C2H6/c1-2-6-10-8-4-3-7-9(10)5-1;1-3-4-2;1-3-2;1-2/h1-8H;3-4H2,1-2H3;1-2H3;1-2H3. The zero-order valence-electron chi connectivity index (χ0n) is 13.4. The molecule has 0 fully saturated rings. The summed E-state index contributed by atoms with van der Waals surface area (Å²) in [5.41, 5.74) is 0. The molecule has 0 heterocycles. The van der Waals surface area contributed by atoms with Crippen molar-refractivity contribution in [2.75, 3.05) is 12.5 Å². The van der Waals surface area contributed by atoms with Crippen molar-refractivity contribution >= 4 is 22.5 Å². The third kappa shape index (κ3) is 11.9. The Bertz CT molecular complexity index is 315. The van der Waals surface area contributed by atoms with Gasteiger partial charge in [-0.05, 0) is 23.3 Å². The number of benzene rings is 2. The van der Waals surface area contributed by atoms with Crippen LogP contribution in [0.25, 0.3) is 10.8 Å². The summed E-state index contributed by atoms with van der Waals surface area (Å²) in [4.78, 5) is 0. The molecule has 0 bridgehead atoms. The molecular formula is C18H30S. The molecule has 0 unspecified atom stereocenters. The Kier molecular flexibility index (Phi) is 18.3. The fourth-order valence-electron chi connectivity index (χ4n) is 1.13. The van der Waals surface area contributed by atoms with Crippen LogP contribution in [0, 0.1) is 0 Å². The van der Waals surface area contributed by atoms with Crippen molar-refractivity contribution < 1.29 is 0 Å². The van der Waals surface area contributed by atoms with E-state index in [-0.39, 0.29) is 0 Å². The topological polar surface area (TPSA) is 0 Å². The number of thioether (sulfide) groups is 1. The molecule has 108 valence electrons. The summed E-state index contributed by atoms with van der Waals surface area (Å²) in [5.74, 6) is 0. The number of hydrogen-bond acceptors (Lipinski definition) is 1. The van der Waals surface area contributed by atoms with Gasteiger partial charge in [-0.3, -0.25) is 0 Å². The zero-order chi connectivity index (χ0) is 14.9. The van der Waals surface area contributed by atoms with Gasteiger partial charge in [-0.2, -0.15) is 11.8 Å². The zero-order valence-corrected chi connectivity index (χ0v) is 14.3. The Labute approximate surface area is 124 Å². The van der Waals surface area contributed by atoms with Crippen molar-refractivity contribution in [2.24, 2.45) is 0 Å². The van der Waals surface area contributed by atoms with E-state index in [0.29, 0.717) is 0 Å². The van der Waals surface area contributed by atoms with Gasteiger partial charge in [0, 0.05) is 0 Å². The summed E-state index contributed by atoms with van der Waals surface area (Å²) >= 11 is 1.75. The SMILES string of the molecule is CC.CCCC.CSC.c1ccc2ccccc2c1. The van der Waals surface area contributed by atoms with Crippen molar-refractivity contribution in [1.29, 1.82) is 0 Å². The van der Waals surface area contributed by atoms with E-state index >= 15 is 0 Å². The maximum Gasteiger partial charge on any atom is -0.0184 e. The third-order valence-corrected chi connectivity index (χ3v) is 2.16. The molecule has 2 aromatic rings. The summed E-state index contributed by atoms with van der Waals surface area (Å²) in [7, 11) is 0. The van der Waals surface area contributed by atoms with Gasteiger partial charge >= 0.3 is 0 Å². The molecule has 0 spiro atoms. The largest absolute Gasteiger partial charge is 0.169 e. The predicted molar refractivity (Wildman–Crippen MR) is 95.3 cm³/mol. The normalized spacial score (nSPS) is 8.11. The maximum atomic E-state index is 2.18. The Morgan fingerprint density at radius 2 is 0.895 bits per heavy atom. The summed E-state index contributed by atoms with van der Waals surface area (Å²) in [6.07, 6.45) is 6.72. The second kappa shape index (κ2) is 17.1. The lowest BCUT2D eigenvalue weighted by molar-refractivity contribution is 0.886. The quantitative estimate of drug-likeness (QED) is 0.562. The molecule has 0 aliphatic heterocycles. The first-order valence-corrected chi connectivity index (χ1v) is 8.77. The molecule has 0 aliphatic carbocycles. The minimum atomic E-state index is 1.31. The molecule has 0 radical (unpaired) electrons. The van der Waals surface area contributed by atoms with E-state index < -0.39 is 0 Å². The smallest absolute Gasteiger partial charge is 0.0184 e. The van der Waals surface area contributed by atoms with E-state index in [1.807, 2.05) is 26.4 Å². The maximum absolute atomic E-state index is 2.18. The molecule has 0 aromatic heterocycles. The van der Waals surface area contributed by atoms with Crippen molar-refractivity contribution in [3.05, 3.63) is 48.5 Å². The van der Waals surface area contributed by atoms with Gasteiger partial charge in [0.1, 0.15) is 0 Å². The van der Waals surface area contributed by atoms with Crippen molar-refractivity contribution in [3.8, 4) is 0 Å². The molecule has 0 aliphatic rings. The van der Waals surface area contributed by atoms with E-state index in [2.05, 4.69) is 62.4 Å². The Hall–Kier alpha value is -0.950. The van der Waals surface area contributed by atoms with Gasteiger partial charge < -0.3 is 0 Å². The number of hydrogen-bond donors (Lipinski definition) is 0. The van der Waals surface area contributed by atoms with Gasteiger partial charge in [0.2, 0.25) is 0 Å².